The van der Waals surface area contributed by atoms with Gasteiger partial charge < -0.3 is 0 Å². The van der Waals surface area contributed by atoms with Gasteiger partial charge in [0.2, 0.25) is 0 Å². The lowest BCUT2D eigenvalue weighted by atomic mass is 9.91. The average Bonchev–Trinajstić information content (AvgIpc) is 2.59. The number of hydrogen-bond acceptors (Lipinski definition) is 3. The van der Waals surface area contributed by atoms with Crippen LogP contribution in [0.1, 0.15) is 114 Å². The van der Waals surface area contributed by atoms with E-state index < -0.39 is 5.60 Å². The molecule has 3 nitrogen and oxygen atoms in total. The number of hydrogen-bond donors (Lipinski definition) is 0. The summed E-state index contributed by atoms with van der Waals surface area (Å²) in [7, 11) is 0. The zero-order chi connectivity index (χ0) is 20.5. The highest BCUT2D eigenvalue weighted by Crippen LogP contribution is 2.29. The molecule has 1 rings (SSSR count). The molecule has 0 saturated carbocycles. The normalized spacial score (nSPS) is 12.4. The quantitative estimate of drug-likeness (QED) is 0.166. The number of carbonyl (C=O) groups is 1. The van der Waals surface area contributed by atoms with Crippen LogP contribution in [0.2, 0.25) is 0 Å². The van der Waals surface area contributed by atoms with Crippen LogP contribution in [0.5, 0.6) is 0 Å². The third-order valence-electron chi connectivity index (χ3n) is 4.74. The van der Waals surface area contributed by atoms with Crippen LogP contribution in [0, 0.1) is 6.92 Å². The van der Waals surface area contributed by atoms with Crippen molar-refractivity contribution in [1.82, 2.24) is 0 Å². The predicted molar refractivity (Wildman–Crippen MR) is 113 cm³/mol. The van der Waals surface area contributed by atoms with Crippen molar-refractivity contribution in [3.05, 3.63) is 34.9 Å². The molecule has 0 aliphatic carbocycles. The highest BCUT2D eigenvalue weighted by Gasteiger charge is 2.27. The van der Waals surface area contributed by atoms with Gasteiger partial charge in [-0.2, -0.15) is 0 Å². The molecule has 0 aliphatic heterocycles. The van der Waals surface area contributed by atoms with Crippen LogP contribution in [0.3, 0.4) is 0 Å². The Labute approximate surface area is 166 Å². The minimum atomic E-state index is -0.616. The summed E-state index contributed by atoms with van der Waals surface area (Å²) in [6, 6.07) is 6.01. The summed E-state index contributed by atoms with van der Waals surface area (Å²) in [5.74, 6) is 0.232. The molecule has 0 radical (unpaired) electrons. The average molecular weight is 377 g/mol. The van der Waals surface area contributed by atoms with E-state index in [1.165, 1.54) is 32.1 Å². The molecule has 27 heavy (non-hydrogen) atoms. The maximum absolute atomic E-state index is 12.7. The van der Waals surface area contributed by atoms with E-state index >= 15 is 0 Å². The van der Waals surface area contributed by atoms with Gasteiger partial charge in [-0.1, -0.05) is 57.6 Å². The first-order valence-corrected chi connectivity index (χ1v) is 10.6. The maximum Gasteiger partial charge on any atom is 0.163 e. The molecular formula is C24H40O3. The molecule has 0 heterocycles. The van der Waals surface area contributed by atoms with Crippen LogP contribution in [0.25, 0.3) is 0 Å². The fourth-order valence-electron chi connectivity index (χ4n) is 2.95. The highest BCUT2D eigenvalue weighted by atomic mass is 17.2. The Kier molecular flexibility index (Phi) is 9.69. The largest absolute Gasteiger partial charge is 0.294 e. The van der Waals surface area contributed by atoms with Gasteiger partial charge in [0.25, 0.3) is 0 Å². The second kappa shape index (κ2) is 11.0. The number of carbonyl (C=O) groups excluding carboxylic acids is 1. The van der Waals surface area contributed by atoms with Crippen LogP contribution >= 0.6 is 0 Å². The summed E-state index contributed by atoms with van der Waals surface area (Å²) >= 11 is 0. The van der Waals surface area contributed by atoms with Crippen molar-refractivity contribution in [2.75, 3.05) is 0 Å². The van der Waals surface area contributed by atoms with E-state index in [-0.39, 0.29) is 11.4 Å². The van der Waals surface area contributed by atoms with Crippen LogP contribution in [0.15, 0.2) is 18.2 Å². The van der Waals surface area contributed by atoms with Crippen LogP contribution in [0.4, 0.5) is 0 Å². The molecule has 0 aliphatic rings. The van der Waals surface area contributed by atoms with Gasteiger partial charge in [0.15, 0.2) is 5.78 Å². The Bertz CT molecular complexity index is 582. The van der Waals surface area contributed by atoms with Gasteiger partial charge >= 0.3 is 0 Å². The molecule has 0 spiro atoms. The van der Waals surface area contributed by atoms with Crippen molar-refractivity contribution in [2.24, 2.45) is 0 Å². The number of rotatable bonds is 12. The lowest BCUT2D eigenvalue weighted by Crippen LogP contribution is -2.29. The van der Waals surface area contributed by atoms with Crippen molar-refractivity contribution in [2.45, 2.75) is 111 Å². The number of unbranched alkanes of at least 4 members (excludes halogenated alkanes) is 6. The molecule has 0 bridgehead atoms. The maximum atomic E-state index is 12.7. The van der Waals surface area contributed by atoms with Crippen LogP contribution < -0.4 is 0 Å². The minimum absolute atomic E-state index is 0.232. The number of aryl methyl sites for hydroxylation is 1. The van der Waals surface area contributed by atoms with Gasteiger partial charge in [0, 0.05) is 12.0 Å². The summed E-state index contributed by atoms with van der Waals surface area (Å²) in [5, 5.41) is 0. The topological polar surface area (TPSA) is 35.5 Å². The molecule has 0 unspecified atom stereocenters. The molecule has 0 fully saturated rings. The van der Waals surface area contributed by atoms with E-state index in [9.17, 15) is 4.79 Å². The molecule has 0 amide bonds. The van der Waals surface area contributed by atoms with Crippen molar-refractivity contribution in [3.8, 4) is 0 Å². The minimum Gasteiger partial charge on any atom is -0.294 e. The zero-order valence-electron chi connectivity index (χ0n) is 18.6. The number of Topliss-reactive ketones (excluding diaryl/α,β-unsaturated/α-hetero) is 1. The third kappa shape index (κ3) is 9.03. The molecule has 0 saturated heterocycles. The third-order valence-corrected chi connectivity index (χ3v) is 4.74. The highest BCUT2D eigenvalue weighted by molar-refractivity contribution is 5.97. The summed E-state index contributed by atoms with van der Waals surface area (Å²) in [6.45, 7) is 14.0. The van der Waals surface area contributed by atoms with Crippen molar-refractivity contribution in [3.63, 3.8) is 0 Å². The lowest BCUT2D eigenvalue weighted by Gasteiger charge is -2.29. The molecule has 0 N–H and O–H groups in total. The van der Waals surface area contributed by atoms with Gasteiger partial charge in [0.05, 0.1) is 5.60 Å². The van der Waals surface area contributed by atoms with Crippen molar-refractivity contribution in [1.29, 1.82) is 0 Å². The van der Waals surface area contributed by atoms with Crippen LogP contribution in [-0.2, 0) is 15.4 Å². The van der Waals surface area contributed by atoms with E-state index in [0.717, 1.165) is 29.5 Å². The Balaban J connectivity index is 2.65. The van der Waals surface area contributed by atoms with Crippen LogP contribution in [-0.4, -0.2) is 11.4 Å². The summed E-state index contributed by atoms with van der Waals surface area (Å²) in [6.07, 6.45) is 9.17. The Morgan fingerprint density at radius 2 is 1.48 bits per heavy atom. The Morgan fingerprint density at radius 3 is 2.07 bits per heavy atom. The zero-order valence-corrected chi connectivity index (χ0v) is 18.6. The van der Waals surface area contributed by atoms with E-state index in [4.69, 9.17) is 9.78 Å². The van der Waals surface area contributed by atoms with Gasteiger partial charge in [-0.05, 0) is 65.2 Å². The second-order valence-electron chi connectivity index (χ2n) is 9.11. The standard InChI is InChI=1S/C24H40O3/c1-8-9-10-11-12-13-14-15-22(25)21-18-20(17-16-19(21)2)24(6,7)27-26-23(3,4)5/h16-18H,8-15H2,1-7H3. The second-order valence-corrected chi connectivity index (χ2v) is 9.11. The van der Waals surface area contributed by atoms with Gasteiger partial charge in [-0.3, -0.25) is 4.79 Å². The fourth-order valence-corrected chi connectivity index (χ4v) is 2.95. The Hall–Kier alpha value is -1.19. The summed E-state index contributed by atoms with van der Waals surface area (Å²) in [4.78, 5) is 23.9. The molecule has 0 aromatic heterocycles. The fraction of sp³-hybridized carbons (Fsp3) is 0.708. The van der Waals surface area contributed by atoms with Gasteiger partial charge in [-0.25, -0.2) is 9.78 Å². The monoisotopic (exact) mass is 376 g/mol. The van der Waals surface area contributed by atoms with Gasteiger partial charge in [-0.15, -0.1) is 0 Å². The van der Waals surface area contributed by atoms with E-state index in [0.29, 0.717) is 6.42 Å². The molecular weight excluding hydrogens is 336 g/mol. The van der Waals surface area contributed by atoms with E-state index in [1.54, 1.807) is 0 Å². The molecule has 154 valence electrons. The number of benzene rings is 1. The molecule has 0 atom stereocenters. The van der Waals surface area contributed by atoms with E-state index in [1.807, 2.05) is 59.7 Å². The first-order chi connectivity index (χ1) is 12.6. The SMILES string of the molecule is CCCCCCCCCC(=O)c1cc(C(C)(C)OOC(C)(C)C)ccc1C. The summed E-state index contributed by atoms with van der Waals surface area (Å²) < 4.78 is 0. The lowest BCUT2D eigenvalue weighted by molar-refractivity contribution is -0.401. The molecule has 3 heteroatoms. The van der Waals surface area contributed by atoms with Crippen molar-refractivity contribution >= 4 is 5.78 Å². The molecule has 1 aromatic rings. The van der Waals surface area contributed by atoms with Gasteiger partial charge in [0.1, 0.15) is 5.60 Å². The van der Waals surface area contributed by atoms with E-state index in [2.05, 4.69) is 6.92 Å². The first kappa shape index (κ1) is 23.8. The summed E-state index contributed by atoms with van der Waals surface area (Å²) in [5.41, 5.74) is 1.80. The number of ketones is 1. The van der Waals surface area contributed by atoms with Crippen molar-refractivity contribution < 1.29 is 14.6 Å². The predicted octanol–water partition coefficient (Wildman–Crippen LogP) is 7.30. The molecule has 1 aromatic carbocycles. The first-order valence-electron chi connectivity index (χ1n) is 10.6. The smallest absolute Gasteiger partial charge is 0.163 e. The Morgan fingerprint density at radius 1 is 0.889 bits per heavy atom.